The average molecular weight is 320 g/mol. The number of quaternary nitrogens is 1. The van der Waals surface area contributed by atoms with Crippen LogP contribution in [0.3, 0.4) is 0 Å². The van der Waals surface area contributed by atoms with E-state index in [1.165, 1.54) is 29.2 Å². The smallest absolute Gasteiger partial charge is 0.328 e. The van der Waals surface area contributed by atoms with Gasteiger partial charge in [0.25, 0.3) is 0 Å². The highest BCUT2D eigenvalue weighted by Crippen LogP contribution is 2.11. The number of halogens is 1. The average Bonchev–Trinajstić information content (AvgIpc) is 2.39. The molecule has 1 aromatic carbocycles. The van der Waals surface area contributed by atoms with Crippen LogP contribution >= 0.6 is 11.6 Å². The molecule has 0 saturated carbocycles. The predicted octanol–water partition coefficient (Wildman–Crippen LogP) is -2.62. The van der Waals surface area contributed by atoms with Gasteiger partial charge in [-0.25, -0.2) is 0 Å². The van der Waals surface area contributed by atoms with E-state index in [0.717, 1.165) is 13.1 Å². The van der Waals surface area contributed by atoms with Gasteiger partial charge in [0.15, 0.2) is 6.54 Å². The zero-order valence-electron chi connectivity index (χ0n) is 10.9. The van der Waals surface area contributed by atoms with Crippen molar-refractivity contribution in [2.45, 2.75) is 4.90 Å². The number of ether oxygens (including phenoxy) is 1. The number of morpholine rings is 1. The van der Waals surface area contributed by atoms with Crippen molar-refractivity contribution in [1.82, 2.24) is 0 Å². The summed E-state index contributed by atoms with van der Waals surface area (Å²) < 4.78 is 31.9. The van der Waals surface area contributed by atoms with Gasteiger partial charge < -0.3 is 9.64 Å². The van der Waals surface area contributed by atoms with Gasteiger partial charge >= 0.3 is 15.9 Å². The number of hydrogen-bond donors (Lipinski definition) is 3. The third-order valence-electron chi connectivity index (χ3n) is 3.03. The van der Waals surface area contributed by atoms with Gasteiger partial charge in [-0.05, 0) is 24.3 Å². The van der Waals surface area contributed by atoms with Crippen LogP contribution in [-0.2, 0) is 14.8 Å². The Labute approximate surface area is 123 Å². The topological polar surface area (TPSA) is 87.8 Å². The van der Waals surface area contributed by atoms with Crippen LogP contribution in [0.1, 0.15) is 0 Å². The minimum Gasteiger partial charge on any atom is -0.370 e. The minimum atomic E-state index is -3.64. The molecule has 8 heteroatoms. The zero-order chi connectivity index (χ0) is 14.6. The number of sulfonamides is 1. The monoisotopic (exact) mass is 319 g/mol. The Morgan fingerprint density at radius 2 is 1.90 bits per heavy atom. The number of hydrogen-bond acceptors (Lipinski definition) is 3. The second-order valence-corrected chi connectivity index (χ2v) is 6.74. The van der Waals surface area contributed by atoms with Gasteiger partial charge in [-0.2, -0.15) is 12.8 Å². The summed E-state index contributed by atoms with van der Waals surface area (Å²) in [5, 5.41) is 0.485. The van der Waals surface area contributed by atoms with E-state index in [2.05, 4.69) is 4.40 Å². The molecule has 0 unspecified atom stereocenters. The molecule has 0 atom stereocenters. The fourth-order valence-electron chi connectivity index (χ4n) is 1.99. The molecular formula is C12H18ClN3O3S+2. The molecule has 110 valence electrons. The Kier molecular flexibility index (Phi) is 4.98. The second-order valence-electron chi connectivity index (χ2n) is 4.62. The highest BCUT2D eigenvalue weighted by atomic mass is 35.5. The summed E-state index contributed by atoms with van der Waals surface area (Å²) in [4.78, 5) is 1.34. The molecule has 1 fully saturated rings. The molecule has 0 spiro atoms. The lowest BCUT2D eigenvalue weighted by Gasteiger charge is -2.21. The highest BCUT2D eigenvalue weighted by molar-refractivity contribution is 7.84. The van der Waals surface area contributed by atoms with Crippen molar-refractivity contribution in [1.29, 1.82) is 0 Å². The second kappa shape index (κ2) is 6.53. The molecule has 1 heterocycles. The zero-order valence-corrected chi connectivity index (χ0v) is 12.5. The molecule has 0 bridgehead atoms. The first-order valence-corrected chi connectivity index (χ1v) is 8.14. The number of amidine groups is 1. The number of rotatable bonds is 4. The first kappa shape index (κ1) is 15.2. The lowest BCUT2D eigenvalue weighted by Crippen LogP contribution is -3.16. The lowest BCUT2D eigenvalue weighted by molar-refractivity contribution is -0.900. The summed E-state index contributed by atoms with van der Waals surface area (Å²) in [6.45, 7) is 3.45. The molecule has 0 aromatic heterocycles. The summed E-state index contributed by atoms with van der Waals surface area (Å²) in [7, 11) is -3.64. The first-order valence-electron chi connectivity index (χ1n) is 6.28. The van der Waals surface area contributed by atoms with Crippen molar-refractivity contribution in [3.63, 3.8) is 0 Å². The van der Waals surface area contributed by atoms with Crippen molar-refractivity contribution in [2.24, 2.45) is 5.73 Å². The van der Waals surface area contributed by atoms with Crippen LogP contribution in [0, 0.1) is 0 Å². The summed E-state index contributed by atoms with van der Waals surface area (Å²) in [6, 6.07) is 5.94. The molecule has 1 saturated heterocycles. The molecule has 20 heavy (non-hydrogen) atoms. The standard InChI is InChI=1S/C12H16ClN3O3S/c13-10-1-3-11(4-2-10)20(17,18)15-12(14)9-16-5-7-19-8-6-16/h1-4H,5-9H2,(H2,14,15)/p+2. The van der Waals surface area contributed by atoms with E-state index in [0.29, 0.717) is 24.8 Å². The van der Waals surface area contributed by atoms with Crippen molar-refractivity contribution in [2.75, 3.05) is 32.8 Å². The molecule has 1 aliphatic rings. The van der Waals surface area contributed by atoms with Gasteiger partial charge in [-0.15, -0.1) is 0 Å². The quantitative estimate of drug-likeness (QED) is 0.419. The Bertz CT molecular complexity index is 580. The SMILES string of the molecule is NC(C[NH+]1CCOCC1)=[NH+]S(=O)(=O)c1ccc(Cl)cc1. The van der Waals surface area contributed by atoms with E-state index in [-0.39, 0.29) is 10.7 Å². The maximum absolute atomic E-state index is 12.1. The van der Waals surface area contributed by atoms with Crippen LogP contribution in [0.25, 0.3) is 0 Å². The Morgan fingerprint density at radius 1 is 1.30 bits per heavy atom. The van der Waals surface area contributed by atoms with Crippen LogP contribution < -0.4 is 15.0 Å². The summed E-state index contributed by atoms with van der Waals surface area (Å²) in [5.41, 5.74) is 5.80. The highest BCUT2D eigenvalue weighted by Gasteiger charge is 2.21. The van der Waals surface area contributed by atoms with Gasteiger partial charge in [0.1, 0.15) is 18.0 Å². The first-order chi connectivity index (χ1) is 9.47. The third-order valence-corrected chi connectivity index (χ3v) is 4.71. The fourth-order valence-corrected chi connectivity index (χ4v) is 3.14. The van der Waals surface area contributed by atoms with Crippen molar-refractivity contribution < 1.29 is 22.5 Å². The van der Waals surface area contributed by atoms with Gasteiger partial charge in [-0.3, -0.25) is 5.73 Å². The summed E-state index contributed by atoms with van der Waals surface area (Å²) >= 11 is 5.74. The van der Waals surface area contributed by atoms with Gasteiger partial charge in [0.2, 0.25) is 0 Å². The molecule has 0 radical (unpaired) electrons. The predicted molar refractivity (Wildman–Crippen MR) is 75.2 cm³/mol. The van der Waals surface area contributed by atoms with Gasteiger partial charge in [0.05, 0.1) is 13.2 Å². The molecule has 6 nitrogen and oxygen atoms in total. The Balaban J connectivity index is 2.09. The molecule has 2 rings (SSSR count). The van der Waals surface area contributed by atoms with E-state index < -0.39 is 10.0 Å². The molecule has 0 amide bonds. The van der Waals surface area contributed by atoms with E-state index >= 15 is 0 Å². The van der Waals surface area contributed by atoms with Crippen LogP contribution in [0.4, 0.5) is 0 Å². The van der Waals surface area contributed by atoms with Crippen LogP contribution in [0.5, 0.6) is 0 Å². The Hall–Kier alpha value is -1.15. The van der Waals surface area contributed by atoms with Crippen LogP contribution in [0.2, 0.25) is 5.02 Å². The van der Waals surface area contributed by atoms with E-state index in [1.807, 2.05) is 0 Å². The fraction of sp³-hybridized carbons (Fsp3) is 0.417. The van der Waals surface area contributed by atoms with E-state index in [4.69, 9.17) is 22.1 Å². The largest absolute Gasteiger partial charge is 0.370 e. The molecule has 1 aliphatic heterocycles. The molecule has 1 aromatic rings. The normalized spacial score (nSPS) is 18.1. The summed E-state index contributed by atoms with van der Waals surface area (Å²) in [5.74, 6) is 0.233. The van der Waals surface area contributed by atoms with Crippen molar-refractivity contribution in [3.8, 4) is 0 Å². The Morgan fingerprint density at radius 3 is 2.50 bits per heavy atom. The molecule has 4 N–H and O–H groups in total. The van der Waals surface area contributed by atoms with Crippen LogP contribution in [0.15, 0.2) is 29.2 Å². The molecule has 0 aliphatic carbocycles. The number of nitrogens with two attached hydrogens (primary N) is 1. The van der Waals surface area contributed by atoms with Crippen molar-refractivity contribution in [3.05, 3.63) is 29.3 Å². The maximum atomic E-state index is 12.1. The van der Waals surface area contributed by atoms with E-state index in [9.17, 15) is 8.42 Å². The van der Waals surface area contributed by atoms with E-state index in [1.54, 1.807) is 0 Å². The third kappa shape index (κ3) is 4.17. The minimum absolute atomic E-state index is 0.141. The number of nitrogens with one attached hydrogen (secondary N) is 2. The van der Waals surface area contributed by atoms with Gasteiger partial charge in [-0.1, -0.05) is 11.6 Å². The number of benzene rings is 1. The molecular weight excluding hydrogens is 302 g/mol. The lowest BCUT2D eigenvalue weighted by atomic mass is 10.4. The van der Waals surface area contributed by atoms with Gasteiger partial charge in [0, 0.05) is 5.02 Å². The summed E-state index contributed by atoms with van der Waals surface area (Å²) in [6.07, 6.45) is 0. The maximum Gasteiger partial charge on any atom is 0.328 e. The van der Waals surface area contributed by atoms with Crippen molar-refractivity contribution >= 4 is 27.5 Å². The van der Waals surface area contributed by atoms with Crippen LogP contribution in [-0.4, -0.2) is 47.1 Å².